The summed E-state index contributed by atoms with van der Waals surface area (Å²) in [6.45, 7) is 8.84. The van der Waals surface area contributed by atoms with Gasteiger partial charge in [0.2, 0.25) is 5.91 Å². The number of aryl methyl sites for hydroxylation is 2. The first-order valence-corrected chi connectivity index (χ1v) is 6.42. The van der Waals surface area contributed by atoms with Crippen LogP contribution in [0.25, 0.3) is 0 Å². The highest BCUT2D eigenvalue weighted by atomic mass is 16.2. The molecule has 0 saturated carbocycles. The van der Waals surface area contributed by atoms with Crippen molar-refractivity contribution < 1.29 is 4.79 Å². The molecular formula is C13H24N4O. The Morgan fingerprint density at radius 2 is 2.17 bits per heavy atom. The molecule has 1 amide bonds. The first-order valence-electron chi connectivity index (χ1n) is 6.42. The normalized spacial score (nSPS) is 12.8. The van der Waals surface area contributed by atoms with E-state index < -0.39 is 0 Å². The van der Waals surface area contributed by atoms with Crippen molar-refractivity contribution in [3.63, 3.8) is 0 Å². The largest absolute Gasteiger partial charge is 0.350 e. The molecule has 0 aromatic carbocycles. The molecule has 1 aromatic rings. The van der Waals surface area contributed by atoms with Gasteiger partial charge < -0.3 is 11.1 Å². The van der Waals surface area contributed by atoms with Crippen LogP contribution in [0.5, 0.6) is 0 Å². The van der Waals surface area contributed by atoms with Gasteiger partial charge in [0.1, 0.15) is 6.54 Å². The molecule has 0 fully saturated rings. The molecule has 102 valence electrons. The summed E-state index contributed by atoms with van der Waals surface area (Å²) in [7, 11) is 0. The van der Waals surface area contributed by atoms with E-state index in [0.29, 0.717) is 12.5 Å². The van der Waals surface area contributed by atoms with Crippen LogP contribution in [-0.2, 0) is 11.3 Å². The molecule has 1 unspecified atom stereocenters. The maximum Gasteiger partial charge on any atom is 0.242 e. The van der Waals surface area contributed by atoms with E-state index in [1.165, 1.54) is 0 Å². The highest BCUT2D eigenvalue weighted by Gasteiger charge is 2.13. The van der Waals surface area contributed by atoms with Crippen LogP contribution in [0.3, 0.4) is 0 Å². The van der Waals surface area contributed by atoms with Gasteiger partial charge in [-0.1, -0.05) is 13.8 Å². The van der Waals surface area contributed by atoms with Crippen molar-refractivity contribution in [1.29, 1.82) is 0 Å². The van der Waals surface area contributed by atoms with E-state index in [4.69, 9.17) is 5.73 Å². The third-order valence-corrected chi connectivity index (χ3v) is 2.80. The maximum atomic E-state index is 11.9. The molecule has 0 radical (unpaired) electrons. The second kappa shape index (κ2) is 6.54. The van der Waals surface area contributed by atoms with Gasteiger partial charge in [-0.2, -0.15) is 5.10 Å². The lowest BCUT2D eigenvalue weighted by Crippen LogP contribution is -2.42. The maximum absolute atomic E-state index is 11.9. The van der Waals surface area contributed by atoms with Gasteiger partial charge in [0.05, 0.1) is 5.69 Å². The fourth-order valence-electron chi connectivity index (χ4n) is 2.03. The molecule has 0 aliphatic rings. The van der Waals surface area contributed by atoms with Crippen LogP contribution in [0.15, 0.2) is 6.07 Å². The molecule has 0 aliphatic carbocycles. The molecule has 0 bridgehead atoms. The highest BCUT2D eigenvalue weighted by molar-refractivity contribution is 5.76. The fraction of sp³-hybridized carbons (Fsp3) is 0.692. The van der Waals surface area contributed by atoms with Crippen LogP contribution in [0.2, 0.25) is 0 Å². The van der Waals surface area contributed by atoms with E-state index in [9.17, 15) is 4.79 Å². The molecule has 0 saturated heterocycles. The smallest absolute Gasteiger partial charge is 0.242 e. The molecule has 1 atom stereocenters. The minimum atomic E-state index is -0.0303. The van der Waals surface area contributed by atoms with Crippen molar-refractivity contribution in [3.05, 3.63) is 17.5 Å². The summed E-state index contributed by atoms with van der Waals surface area (Å²) in [5.41, 5.74) is 7.58. The summed E-state index contributed by atoms with van der Waals surface area (Å²) in [5.74, 6) is 0.491. The number of nitrogens with one attached hydrogen (secondary N) is 1. The second-order valence-corrected chi connectivity index (χ2v) is 5.21. The van der Waals surface area contributed by atoms with Gasteiger partial charge in [0.25, 0.3) is 0 Å². The number of hydrogen-bond acceptors (Lipinski definition) is 3. The monoisotopic (exact) mass is 252 g/mol. The zero-order valence-corrected chi connectivity index (χ0v) is 11.7. The van der Waals surface area contributed by atoms with Crippen molar-refractivity contribution in [2.24, 2.45) is 11.7 Å². The molecule has 0 aliphatic heterocycles. The molecule has 3 N–H and O–H groups in total. The SMILES string of the molecule is Cc1cc(C)n(CC(=O)NC(CN)CC(C)C)n1. The topological polar surface area (TPSA) is 72.9 Å². The van der Waals surface area contributed by atoms with E-state index in [2.05, 4.69) is 24.3 Å². The van der Waals surface area contributed by atoms with Gasteiger partial charge in [-0.15, -0.1) is 0 Å². The second-order valence-electron chi connectivity index (χ2n) is 5.21. The van der Waals surface area contributed by atoms with Gasteiger partial charge in [0, 0.05) is 18.3 Å². The van der Waals surface area contributed by atoms with Crippen molar-refractivity contribution in [3.8, 4) is 0 Å². The molecular weight excluding hydrogens is 228 g/mol. The predicted molar refractivity (Wildman–Crippen MR) is 72.1 cm³/mol. The first-order chi connectivity index (χ1) is 8.42. The van der Waals surface area contributed by atoms with Gasteiger partial charge in [-0.05, 0) is 32.3 Å². The van der Waals surface area contributed by atoms with Gasteiger partial charge in [0.15, 0.2) is 0 Å². The number of hydrogen-bond donors (Lipinski definition) is 2. The Labute approximate surface area is 109 Å². The fourth-order valence-corrected chi connectivity index (χ4v) is 2.03. The summed E-state index contributed by atoms with van der Waals surface area (Å²) in [6.07, 6.45) is 0.902. The van der Waals surface area contributed by atoms with E-state index in [1.54, 1.807) is 4.68 Å². The Morgan fingerprint density at radius 1 is 1.50 bits per heavy atom. The summed E-state index contributed by atoms with van der Waals surface area (Å²) in [6, 6.07) is 2.01. The quantitative estimate of drug-likeness (QED) is 0.793. The Hall–Kier alpha value is -1.36. The van der Waals surface area contributed by atoms with E-state index in [0.717, 1.165) is 17.8 Å². The number of amides is 1. The molecule has 18 heavy (non-hydrogen) atoms. The van der Waals surface area contributed by atoms with Crippen LogP contribution >= 0.6 is 0 Å². The van der Waals surface area contributed by atoms with Crippen LogP contribution in [0, 0.1) is 19.8 Å². The minimum absolute atomic E-state index is 0.0303. The average molecular weight is 252 g/mol. The lowest BCUT2D eigenvalue weighted by Gasteiger charge is -2.19. The lowest BCUT2D eigenvalue weighted by atomic mass is 10.0. The Morgan fingerprint density at radius 3 is 2.61 bits per heavy atom. The minimum Gasteiger partial charge on any atom is -0.350 e. The molecule has 0 spiro atoms. The molecule has 1 heterocycles. The van der Waals surface area contributed by atoms with E-state index in [1.807, 2.05) is 19.9 Å². The lowest BCUT2D eigenvalue weighted by molar-refractivity contribution is -0.122. The zero-order chi connectivity index (χ0) is 13.7. The molecule has 1 aromatic heterocycles. The highest BCUT2D eigenvalue weighted by Crippen LogP contribution is 2.04. The van der Waals surface area contributed by atoms with Crippen LogP contribution in [-0.4, -0.2) is 28.3 Å². The molecule has 5 heteroatoms. The van der Waals surface area contributed by atoms with Crippen LogP contribution < -0.4 is 11.1 Å². The van der Waals surface area contributed by atoms with Crippen molar-refractivity contribution >= 4 is 5.91 Å². The molecule has 1 rings (SSSR count). The number of aromatic nitrogens is 2. The summed E-state index contributed by atoms with van der Waals surface area (Å²) < 4.78 is 1.72. The van der Waals surface area contributed by atoms with Crippen molar-refractivity contribution in [2.75, 3.05) is 6.54 Å². The number of carbonyl (C=O) groups is 1. The summed E-state index contributed by atoms with van der Waals surface area (Å²) in [4.78, 5) is 11.9. The zero-order valence-electron chi connectivity index (χ0n) is 11.7. The third-order valence-electron chi connectivity index (χ3n) is 2.80. The van der Waals surface area contributed by atoms with Crippen molar-refractivity contribution in [2.45, 2.75) is 46.7 Å². The Bertz CT molecular complexity index is 398. The number of rotatable bonds is 6. The molecule has 5 nitrogen and oxygen atoms in total. The van der Waals surface area contributed by atoms with Crippen LogP contribution in [0.1, 0.15) is 31.7 Å². The first kappa shape index (κ1) is 14.7. The summed E-state index contributed by atoms with van der Waals surface area (Å²) in [5, 5.41) is 7.23. The van der Waals surface area contributed by atoms with Gasteiger partial charge in [-0.25, -0.2) is 0 Å². The number of carbonyl (C=O) groups excluding carboxylic acids is 1. The summed E-state index contributed by atoms with van der Waals surface area (Å²) >= 11 is 0. The Balaban J connectivity index is 2.52. The number of nitrogens with zero attached hydrogens (tertiary/aromatic N) is 2. The predicted octanol–water partition coefficient (Wildman–Crippen LogP) is 0.990. The van der Waals surface area contributed by atoms with Gasteiger partial charge in [-0.3, -0.25) is 9.48 Å². The van der Waals surface area contributed by atoms with E-state index in [-0.39, 0.29) is 18.5 Å². The third kappa shape index (κ3) is 4.49. The van der Waals surface area contributed by atoms with Gasteiger partial charge >= 0.3 is 0 Å². The van der Waals surface area contributed by atoms with E-state index >= 15 is 0 Å². The average Bonchev–Trinajstić information content (AvgIpc) is 2.55. The Kier molecular flexibility index (Phi) is 5.34. The standard InChI is InChI=1S/C13H24N4O/c1-9(2)5-12(7-14)15-13(18)8-17-11(4)6-10(3)16-17/h6,9,12H,5,7-8,14H2,1-4H3,(H,15,18). The van der Waals surface area contributed by atoms with Crippen LogP contribution in [0.4, 0.5) is 0 Å². The van der Waals surface area contributed by atoms with Crippen molar-refractivity contribution in [1.82, 2.24) is 15.1 Å². The number of nitrogens with two attached hydrogens (primary N) is 1.